The quantitative estimate of drug-likeness (QED) is 0.773. The molecule has 0 aromatic heterocycles. The summed E-state index contributed by atoms with van der Waals surface area (Å²) in [6.45, 7) is 3.71. The molecular weight excluding hydrogens is 208 g/mol. The summed E-state index contributed by atoms with van der Waals surface area (Å²) in [5, 5.41) is 18.0. The first-order chi connectivity index (χ1) is 7.41. The normalized spacial score (nSPS) is 32.0. The van der Waals surface area contributed by atoms with Crippen molar-refractivity contribution >= 4 is 11.9 Å². The summed E-state index contributed by atoms with van der Waals surface area (Å²) in [5.74, 6) is -1.93. The molecule has 1 saturated carbocycles. The van der Waals surface area contributed by atoms with Crippen LogP contribution in [0, 0.1) is 23.7 Å². The van der Waals surface area contributed by atoms with E-state index >= 15 is 0 Å². The first-order valence-corrected chi connectivity index (χ1v) is 5.87. The molecule has 4 heteroatoms. The molecule has 0 radical (unpaired) electrons. The zero-order chi connectivity index (χ0) is 12.3. The van der Waals surface area contributed by atoms with Gasteiger partial charge in [-0.1, -0.05) is 20.3 Å². The van der Waals surface area contributed by atoms with Crippen molar-refractivity contribution in [3.8, 4) is 0 Å². The number of hydrogen-bond acceptors (Lipinski definition) is 2. The van der Waals surface area contributed by atoms with Crippen LogP contribution >= 0.6 is 0 Å². The molecule has 1 rings (SSSR count). The molecule has 0 saturated heterocycles. The van der Waals surface area contributed by atoms with Gasteiger partial charge in [-0.15, -0.1) is 0 Å². The molecule has 1 aliphatic rings. The van der Waals surface area contributed by atoms with Gasteiger partial charge in [-0.25, -0.2) is 0 Å². The van der Waals surface area contributed by atoms with E-state index in [9.17, 15) is 9.59 Å². The second-order valence-electron chi connectivity index (χ2n) is 5.10. The van der Waals surface area contributed by atoms with Gasteiger partial charge in [0.1, 0.15) is 0 Å². The molecule has 4 nitrogen and oxygen atoms in total. The van der Waals surface area contributed by atoms with Gasteiger partial charge in [-0.3, -0.25) is 9.59 Å². The summed E-state index contributed by atoms with van der Waals surface area (Å²) in [5.41, 5.74) is 0. The summed E-state index contributed by atoms with van der Waals surface area (Å²) in [6.07, 6.45) is 3.03. The van der Waals surface area contributed by atoms with Crippen LogP contribution in [-0.2, 0) is 9.59 Å². The Morgan fingerprint density at radius 1 is 1.31 bits per heavy atom. The fraction of sp³-hybridized carbons (Fsp3) is 0.833. The summed E-state index contributed by atoms with van der Waals surface area (Å²) in [7, 11) is 0. The highest BCUT2D eigenvalue weighted by molar-refractivity contribution is 5.71. The molecule has 0 amide bonds. The minimum absolute atomic E-state index is 0.0276. The van der Waals surface area contributed by atoms with E-state index in [-0.39, 0.29) is 11.8 Å². The van der Waals surface area contributed by atoms with Crippen molar-refractivity contribution in [2.75, 3.05) is 0 Å². The van der Waals surface area contributed by atoms with Crippen LogP contribution in [0.3, 0.4) is 0 Å². The topological polar surface area (TPSA) is 74.6 Å². The maximum atomic E-state index is 11.1. The summed E-state index contributed by atoms with van der Waals surface area (Å²) in [6, 6.07) is 0. The van der Waals surface area contributed by atoms with Crippen molar-refractivity contribution in [1.82, 2.24) is 0 Å². The van der Waals surface area contributed by atoms with Crippen molar-refractivity contribution in [2.24, 2.45) is 23.7 Å². The fourth-order valence-electron chi connectivity index (χ4n) is 2.58. The predicted octanol–water partition coefficient (Wildman–Crippen LogP) is 2.23. The van der Waals surface area contributed by atoms with Crippen LogP contribution in [-0.4, -0.2) is 22.2 Å². The van der Waals surface area contributed by atoms with E-state index in [0.29, 0.717) is 18.8 Å². The molecule has 2 N–H and O–H groups in total. The second-order valence-corrected chi connectivity index (χ2v) is 5.10. The first-order valence-electron chi connectivity index (χ1n) is 5.87. The average Bonchev–Trinajstić information content (AvgIpc) is 2.20. The SMILES string of the molecule is CC1CCC(CC(C)C(=O)O)C(C(=O)O)C1. The summed E-state index contributed by atoms with van der Waals surface area (Å²) in [4.78, 5) is 21.9. The zero-order valence-electron chi connectivity index (χ0n) is 9.85. The molecule has 0 spiro atoms. The molecule has 4 atom stereocenters. The van der Waals surface area contributed by atoms with Crippen molar-refractivity contribution < 1.29 is 19.8 Å². The third-order valence-electron chi connectivity index (χ3n) is 3.65. The number of aliphatic carboxylic acids is 2. The van der Waals surface area contributed by atoms with Crippen LogP contribution in [0.4, 0.5) is 0 Å². The molecule has 4 unspecified atom stereocenters. The Bertz CT molecular complexity index is 274. The van der Waals surface area contributed by atoms with Gasteiger partial charge in [0.05, 0.1) is 11.8 Å². The van der Waals surface area contributed by atoms with Gasteiger partial charge in [0.2, 0.25) is 0 Å². The van der Waals surface area contributed by atoms with E-state index in [0.717, 1.165) is 12.8 Å². The third kappa shape index (κ3) is 3.22. The molecule has 0 heterocycles. The maximum Gasteiger partial charge on any atom is 0.306 e. The highest BCUT2D eigenvalue weighted by Gasteiger charge is 2.35. The molecule has 0 aromatic rings. The van der Waals surface area contributed by atoms with Gasteiger partial charge in [-0.05, 0) is 31.1 Å². The Balaban J connectivity index is 2.62. The van der Waals surface area contributed by atoms with Crippen molar-refractivity contribution in [3.63, 3.8) is 0 Å². The van der Waals surface area contributed by atoms with Crippen LogP contribution in [0.5, 0.6) is 0 Å². The lowest BCUT2D eigenvalue weighted by atomic mass is 9.71. The largest absolute Gasteiger partial charge is 0.481 e. The van der Waals surface area contributed by atoms with Crippen LogP contribution in [0.15, 0.2) is 0 Å². The Kier molecular flexibility index (Phi) is 4.33. The molecule has 0 aromatic carbocycles. The van der Waals surface area contributed by atoms with Crippen LogP contribution < -0.4 is 0 Å². The van der Waals surface area contributed by atoms with Crippen molar-refractivity contribution in [1.29, 1.82) is 0 Å². The second kappa shape index (κ2) is 5.32. The van der Waals surface area contributed by atoms with Gasteiger partial charge >= 0.3 is 11.9 Å². The molecular formula is C12H20O4. The van der Waals surface area contributed by atoms with E-state index in [1.165, 1.54) is 0 Å². The Hall–Kier alpha value is -1.06. The molecule has 0 aliphatic heterocycles. The van der Waals surface area contributed by atoms with E-state index in [1.54, 1.807) is 6.92 Å². The van der Waals surface area contributed by atoms with Gasteiger partial charge in [0.25, 0.3) is 0 Å². The number of carboxylic acid groups (broad SMARTS) is 2. The van der Waals surface area contributed by atoms with Gasteiger partial charge in [-0.2, -0.15) is 0 Å². The minimum Gasteiger partial charge on any atom is -0.481 e. The first kappa shape index (κ1) is 13.0. The molecule has 1 fully saturated rings. The number of carbonyl (C=O) groups is 2. The van der Waals surface area contributed by atoms with E-state index in [2.05, 4.69) is 6.92 Å². The highest BCUT2D eigenvalue weighted by atomic mass is 16.4. The monoisotopic (exact) mass is 228 g/mol. The van der Waals surface area contributed by atoms with Crippen molar-refractivity contribution in [3.05, 3.63) is 0 Å². The van der Waals surface area contributed by atoms with E-state index in [1.807, 2.05) is 0 Å². The van der Waals surface area contributed by atoms with Crippen LogP contribution in [0.2, 0.25) is 0 Å². The fourth-order valence-corrected chi connectivity index (χ4v) is 2.58. The Morgan fingerprint density at radius 2 is 1.94 bits per heavy atom. The average molecular weight is 228 g/mol. The number of rotatable bonds is 4. The standard InChI is InChI=1S/C12H20O4/c1-7-3-4-9(6-8(2)11(13)14)10(5-7)12(15)16/h7-10H,3-6H2,1-2H3,(H,13,14)(H,15,16). The van der Waals surface area contributed by atoms with Gasteiger partial charge in [0.15, 0.2) is 0 Å². The molecule has 92 valence electrons. The van der Waals surface area contributed by atoms with Crippen molar-refractivity contribution in [2.45, 2.75) is 39.5 Å². The predicted molar refractivity (Wildman–Crippen MR) is 59.0 cm³/mol. The van der Waals surface area contributed by atoms with E-state index in [4.69, 9.17) is 10.2 Å². The highest BCUT2D eigenvalue weighted by Crippen LogP contribution is 2.37. The third-order valence-corrected chi connectivity index (χ3v) is 3.65. The minimum atomic E-state index is -0.831. The molecule has 1 aliphatic carbocycles. The summed E-state index contributed by atoms with van der Waals surface area (Å²) < 4.78 is 0. The maximum absolute atomic E-state index is 11.1. The Labute approximate surface area is 95.7 Å². The molecule has 0 bridgehead atoms. The van der Waals surface area contributed by atoms with Crippen LogP contribution in [0.25, 0.3) is 0 Å². The number of hydrogen-bond donors (Lipinski definition) is 2. The van der Waals surface area contributed by atoms with Gasteiger partial charge < -0.3 is 10.2 Å². The van der Waals surface area contributed by atoms with Gasteiger partial charge in [0, 0.05) is 0 Å². The lowest BCUT2D eigenvalue weighted by molar-refractivity contribution is -0.148. The molecule has 16 heavy (non-hydrogen) atoms. The zero-order valence-corrected chi connectivity index (χ0v) is 9.85. The Morgan fingerprint density at radius 3 is 2.44 bits per heavy atom. The lowest BCUT2D eigenvalue weighted by Gasteiger charge is -2.33. The lowest BCUT2D eigenvalue weighted by Crippen LogP contribution is -2.32. The van der Waals surface area contributed by atoms with Crippen LogP contribution in [0.1, 0.15) is 39.5 Å². The smallest absolute Gasteiger partial charge is 0.306 e. The van der Waals surface area contributed by atoms with E-state index < -0.39 is 17.9 Å². The number of carboxylic acids is 2. The summed E-state index contributed by atoms with van der Waals surface area (Å²) >= 11 is 0.